The first-order valence-corrected chi connectivity index (χ1v) is 6.54. The highest BCUT2D eigenvalue weighted by Gasteiger charge is 2.03. The van der Waals surface area contributed by atoms with Gasteiger partial charge in [0.25, 0.3) is 0 Å². The zero-order chi connectivity index (χ0) is 14.2. The highest BCUT2D eigenvalue weighted by Crippen LogP contribution is 1.99. The minimum atomic E-state index is 0.626. The number of furan rings is 1. The molecule has 108 valence electrons. The summed E-state index contributed by atoms with van der Waals surface area (Å²) in [6, 6.07) is 3.84. The van der Waals surface area contributed by atoms with Gasteiger partial charge < -0.3 is 19.6 Å². The summed E-state index contributed by atoms with van der Waals surface area (Å²) in [5, 5.41) is 10.1. The number of hydrogen-bond acceptors (Lipinski definition) is 5. The molecule has 7 nitrogen and oxygen atoms in total. The maximum atomic E-state index is 5.26. The zero-order valence-corrected chi connectivity index (χ0v) is 11.7. The van der Waals surface area contributed by atoms with E-state index in [1.54, 1.807) is 20.2 Å². The normalized spacial score (nSPS) is 11.6. The number of nitrogens with one attached hydrogen (secondary N) is 2. The SMILES string of the molecule is CN=C(NCCc1ccco1)NCCc1nc(C)no1. The van der Waals surface area contributed by atoms with Crippen LogP contribution in [0, 0.1) is 6.92 Å². The molecule has 2 aromatic rings. The third-order valence-corrected chi connectivity index (χ3v) is 2.67. The molecule has 0 fully saturated rings. The van der Waals surface area contributed by atoms with Crippen LogP contribution in [-0.4, -0.2) is 36.2 Å². The Bertz CT molecular complexity index is 533. The first-order chi connectivity index (χ1) is 9.78. The van der Waals surface area contributed by atoms with Crippen molar-refractivity contribution in [3.8, 4) is 0 Å². The molecule has 0 aromatic carbocycles. The van der Waals surface area contributed by atoms with Crippen LogP contribution >= 0.6 is 0 Å². The van der Waals surface area contributed by atoms with Crippen LogP contribution in [0.1, 0.15) is 17.5 Å². The molecule has 0 aliphatic rings. The Kier molecular flexibility index (Phi) is 5.16. The summed E-state index contributed by atoms with van der Waals surface area (Å²) < 4.78 is 10.3. The topological polar surface area (TPSA) is 88.5 Å². The van der Waals surface area contributed by atoms with Crippen LogP contribution in [0.4, 0.5) is 0 Å². The Morgan fingerprint density at radius 3 is 2.70 bits per heavy atom. The molecule has 0 unspecified atom stereocenters. The Hall–Kier alpha value is -2.31. The van der Waals surface area contributed by atoms with Gasteiger partial charge >= 0.3 is 0 Å². The molecule has 2 aromatic heterocycles. The van der Waals surface area contributed by atoms with Crippen molar-refractivity contribution >= 4 is 5.96 Å². The van der Waals surface area contributed by atoms with Crippen LogP contribution in [0.5, 0.6) is 0 Å². The number of nitrogens with zero attached hydrogens (tertiary/aromatic N) is 3. The molecular weight excluding hydrogens is 258 g/mol. The fourth-order valence-electron chi connectivity index (χ4n) is 1.71. The summed E-state index contributed by atoms with van der Waals surface area (Å²) >= 11 is 0. The van der Waals surface area contributed by atoms with Crippen molar-refractivity contribution in [2.45, 2.75) is 19.8 Å². The summed E-state index contributed by atoms with van der Waals surface area (Å²) in [4.78, 5) is 8.28. The molecule has 0 amide bonds. The minimum absolute atomic E-state index is 0.626. The second kappa shape index (κ2) is 7.32. The van der Waals surface area contributed by atoms with Gasteiger partial charge in [0, 0.05) is 33.0 Å². The highest BCUT2D eigenvalue weighted by molar-refractivity contribution is 5.79. The fourth-order valence-corrected chi connectivity index (χ4v) is 1.71. The number of guanidine groups is 1. The van der Waals surface area contributed by atoms with E-state index in [1.807, 2.05) is 12.1 Å². The van der Waals surface area contributed by atoms with Gasteiger partial charge in [-0.1, -0.05) is 5.16 Å². The van der Waals surface area contributed by atoms with Crippen LogP contribution < -0.4 is 10.6 Å². The Labute approximate surface area is 117 Å². The van der Waals surface area contributed by atoms with E-state index in [1.165, 1.54) is 0 Å². The zero-order valence-electron chi connectivity index (χ0n) is 11.7. The lowest BCUT2D eigenvalue weighted by Gasteiger charge is -2.10. The number of aryl methyl sites for hydroxylation is 1. The highest BCUT2D eigenvalue weighted by atomic mass is 16.5. The molecule has 2 heterocycles. The smallest absolute Gasteiger partial charge is 0.228 e. The van der Waals surface area contributed by atoms with Gasteiger partial charge in [-0.25, -0.2) is 0 Å². The van der Waals surface area contributed by atoms with E-state index < -0.39 is 0 Å². The van der Waals surface area contributed by atoms with Crippen molar-refractivity contribution in [2.24, 2.45) is 4.99 Å². The van der Waals surface area contributed by atoms with Crippen LogP contribution in [0.2, 0.25) is 0 Å². The largest absolute Gasteiger partial charge is 0.469 e. The van der Waals surface area contributed by atoms with Crippen LogP contribution in [0.25, 0.3) is 0 Å². The predicted octanol–water partition coefficient (Wildman–Crippen LogP) is 0.921. The van der Waals surface area contributed by atoms with Gasteiger partial charge in [0.05, 0.1) is 6.26 Å². The van der Waals surface area contributed by atoms with Gasteiger partial charge in [0.2, 0.25) is 5.89 Å². The molecule has 0 saturated heterocycles. The van der Waals surface area contributed by atoms with E-state index >= 15 is 0 Å². The molecule has 7 heteroatoms. The van der Waals surface area contributed by atoms with Gasteiger partial charge in [0.1, 0.15) is 5.76 Å². The second-order valence-electron chi connectivity index (χ2n) is 4.24. The standard InChI is InChI=1S/C13H19N5O2/c1-10-17-12(20-18-10)6-8-16-13(14-2)15-7-5-11-4-3-9-19-11/h3-4,9H,5-8H2,1-2H3,(H2,14,15,16). The number of hydrogen-bond donors (Lipinski definition) is 2. The van der Waals surface area contributed by atoms with Crippen LogP contribution in [-0.2, 0) is 12.8 Å². The van der Waals surface area contributed by atoms with E-state index in [-0.39, 0.29) is 0 Å². The van der Waals surface area contributed by atoms with Gasteiger partial charge in [0.15, 0.2) is 11.8 Å². The maximum Gasteiger partial charge on any atom is 0.228 e. The summed E-state index contributed by atoms with van der Waals surface area (Å²) in [5.41, 5.74) is 0. The van der Waals surface area contributed by atoms with Crippen LogP contribution in [0.3, 0.4) is 0 Å². The van der Waals surface area contributed by atoms with E-state index in [0.717, 1.165) is 24.7 Å². The summed E-state index contributed by atoms with van der Waals surface area (Å²) in [5.74, 6) is 2.98. The lowest BCUT2D eigenvalue weighted by atomic mass is 10.3. The van der Waals surface area contributed by atoms with Gasteiger partial charge in [-0.2, -0.15) is 4.98 Å². The molecule has 0 saturated carbocycles. The maximum absolute atomic E-state index is 5.26. The molecule has 2 rings (SSSR count). The van der Waals surface area contributed by atoms with Gasteiger partial charge in [-0.05, 0) is 19.1 Å². The summed E-state index contributed by atoms with van der Waals surface area (Å²) in [6.45, 7) is 3.24. The van der Waals surface area contributed by atoms with Gasteiger partial charge in [-0.15, -0.1) is 0 Å². The molecule has 20 heavy (non-hydrogen) atoms. The van der Waals surface area contributed by atoms with Crippen molar-refractivity contribution in [3.05, 3.63) is 35.9 Å². The average Bonchev–Trinajstić information content (AvgIpc) is 3.09. The third-order valence-electron chi connectivity index (χ3n) is 2.67. The molecule has 0 bridgehead atoms. The van der Waals surface area contributed by atoms with Gasteiger partial charge in [-0.3, -0.25) is 4.99 Å². The minimum Gasteiger partial charge on any atom is -0.469 e. The second-order valence-corrected chi connectivity index (χ2v) is 4.24. The first-order valence-electron chi connectivity index (χ1n) is 6.54. The molecule has 0 radical (unpaired) electrons. The van der Waals surface area contributed by atoms with Crippen molar-refractivity contribution in [1.29, 1.82) is 0 Å². The summed E-state index contributed by atoms with van der Waals surface area (Å²) in [6.07, 6.45) is 3.16. The van der Waals surface area contributed by atoms with Crippen molar-refractivity contribution < 1.29 is 8.94 Å². The lowest BCUT2D eigenvalue weighted by molar-refractivity contribution is 0.374. The molecular formula is C13H19N5O2. The van der Waals surface area contributed by atoms with Crippen molar-refractivity contribution in [3.63, 3.8) is 0 Å². The number of rotatable bonds is 6. The fraction of sp³-hybridized carbons (Fsp3) is 0.462. The van der Waals surface area contributed by atoms with E-state index in [4.69, 9.17) is 8.94 Å². The molecule has 0 spiro atoms. The van der Waals surface area contributed by atoms with Crippen molar-refractivity contribution in [1.82, 2.24) is 20.8 Å². The molecule has 0 aliphatic carbocycles. The Balaban J connectivity index is 1.65. The average molecular weight is 277 g/mol. The quantitative estimate of drug-likeness (QED) is 0.603. The van der Waals surface area contributed by atoms with Crippen molar-refractivity contribution in [2.75, 3.05) is 20.1 Å². The summed E-state index contributed by atoms with van der Waals surface area (Å²) in [7, 11) is 1.74. The molecule has 2 N–H and O–H groups in total. The molecule has 0 aliphatic heterocycles. The van der Waals surface area contributed by atoms with E-state index in [9.17, 15) is 0 Å². The van der Waals surface area contributed by atoms with E-state index in [0.29, 0.717) is 24.7 Å². The molecule has 0 atom stereocenters. The third kappa shape index (κ3) is 4.42. The van der Waals surface area contributed by atoms with Crippen LogP contribution in [0.15, 0.2) is 32.3 Å². The lowest BCUT2D eigenvalue weighted by Crippen LogP contribution is -2.39. The Morgan fingerprint density at radius 2 is 2.10 bits per heavy atom. The number of aromatic nitrogens is 2. The number of aliphatic imine (C=N–C) groups is 1. The first kappa shape index (κ1) is 14.1. The Morgan fingerprint density at radius 1 is 1.30 bits per heavy atom. The van der Waals surface area contributed by atoms with E-state index in [2.05, 4.69) is 25.8 Å². The monoisotopic (exact) mass is 277 g/mol. The predicted molar refractivity (Wildman–Crippen MR) is 74.5 cm³/mol.